The van der Waals surface area contributed by atoms with Gasteiger partial charge in [0, 0.05) is 18.7 Å². The van der Waals surface area contributed by atoms with Gasteiger partial charge in [0.2, 0.25) is 5.91 Å². The maximum Gasteiger partial charge on any atom is 0.227 e. The highest BCUT2D eigenvalue weighted by Crippen LogP contribution is 2.28. The van der Waals surface area contributed by atoms with E-state index in [1.54, 1.807) is 0 Å². The van der Waals surface area contributed by atoms with E-state index in [4.69, 9.17) is 4.74 Å². The van der Waals surface area contributed by atoms with Crippen molar-refractivity contribution in [1.29, 1.82) is 0 Å². The number of hydrogen-bond acceptors (Lipinski definition) is 3. The molecule has 0 atom stereocenters. The zero-order valence-electron chi connectivity index (χ0n) is 13.8. The summed E-state index contributed by atoms with van der Waals surface area (Å²) in [5, 5.41) is 3.43. The zero-order valence-corrected chi connectivity index (χ0v) is 13.8. The van der Waals surface area contributed by atoms with Crippen LogP contribution in [0.25, 0.3) is 0 Å². The van der Waals surface area contributed by atoms with Crippen LogP contribution in [0, 0.1) is 0 Å². The number of rotatable bonds is 3. The number of nitrogens with one attached hydrogen (secondary N) is 1. The van der Waals surface area contributed by atoms with E-state index in [0.717, 1.165) is 56.1 Å². The Bertz CT molecular complexity index is 740. The maximum absolute atomic E-state index is 11.8. The van der Waals surface area contributed by atoms with Crippen LogP contribution in [0.5, 0.6) is 11.5 Å². The summed E-state index contributed by atoms with van der Waals surface area (Å²) in [7, 11) is 0. The Morgan fingerprint density at radius 2 is 1.62 bits per heavy atom. The first-order valence-corrected chi connectivity index (χ1v) is 8.70. The second-order valence-corrected chi connectivity index (χ2v) is 6.43. The predicted octanol–water partition coefficient (Wildman–Crippen LogP) is 3.29. The Morgan fingerprint density at radius 1 is 0.875 bits per heavy atom. The van der Waals surface area contributed by atoms with E-state index in [2.05, 4.69) is 17.4 Å². The maximum atomic E-state index is 11.8. The third-order valence-corrected chi connectivity index (χ3v) is 4.78. The minimum atomic E-state index is 0.211. The number of ether oxygens (including phenoxy) is 1. The largest absolute Gasteiger partial charge is 0.457 e. The van der Waals surface area contributed by atoms with Gasteiger partial charge in [-0.3, -0.25) is 4.79 Å². The van der Waals surface area contributed by atoms with Gasteiger partial charge in [-0.25, -0.2) is 0 Å². The molecule has 1 amide bonds. The van der Waals surface area contributed by atoms with E-state index in [-0.39, 0.29) is 5.91 Å². The third-order valence-electron chi connectivity index (χ3n) is 4.78. The number of hydrogen-bond donors (Lipinski definition) is 1. The van der Waals surface area contributed by atoms with E-state index in [9.17, 15) is 4.79 Å². The molecule has 4 nitrogen and oxygen atoms in total. The summed E-state index contributed by atoms with van der Waals surface area (Å²) in [5.74, 6) is 1.89. The molecule has 2 aromatic rings. The molecule has 0 spiro atoms. The van der Waals surface area contributed by atoms with E-state index in [0.29, 0.717) is 6.42 Å². The van der Waals surface area contributed by atoms with Gasteiger partial charge in [-0.1, -0.05) is 6.07 Å². The molecule has 2 heterocycles. The smallest absolute Gasteiger partial charge is 0.227 e. The van der Waals surface area contributed by atoms with Crippen molar-refractivity contribution in [2.45, 2.75) is 25.7 Å². The molecular weight excluding hydrogens is 300 g/mol. The van der Waals surface area contributed by atoms with Crippen molar-refractivity contribution >= 4 is 11.6 Å². The van der Waals surface area contributed by atoms with Crippen molar-refractivity contribution in [3.63, 3.8) is 0 Å². The third kappa shape index (κ3) is 3.15. The molecule has 0 radical (unpaired) electrons. The van der Waals surface area contributed by atoms with Crippen molar-refractivity contribution in [1.82, 2.24) is 5.32 Å². The van der Waals surface area contributed by atoms with Gasteiger partial charge in [0.15, 0.2) is 0 Å². The Balaban J connectivity index is 1.49. The van der Waals surface area contributed by atoms with E-state index < -0.39 is 0 Å². The molecule has 0 aromatic heterocycles. The lowest BCUT2D eigenvalue weighted by Crippen LogP contribution is -2.23. The first kappa shape index (κ1) is 15.2. The summed E-state index contributed by atoms with van der Waals surface area (Å²) in [4.78, 5) is 13.7. The quantitative estimate of drug-likeness (QED) is 0.943. The van der Waals surface area contributed by atoms with Gasteiger partial charge in [-0.15, -0.1) is 0 Å². The number of amides is 1. The molecule has 0 bridgehead atoms. The van der Waals surface area contributed by atoms with Crippen LogP contribution < -0.4 is 15.0 Å². The summed E-state index contributed by atoms with van der Waals surface area (Å²) >= 11 is 0. The lowest BCUT2D eigenvalue weighted by molar-refractivity contribution is -0.117. The first-order chi connectivity index (χ1) is 11.8. The van der Waals surface area contributed by atoms with E-state index in [1.165, 1.54) is 11.1 Å². The van der Waals surface area contributed by atoms with Crippen LogP contribution in [0.3, 0.4) is 0 Å². The molecule has 124 valence electrons. The molecule has 2 aliphatic rings. The van der Waals surface area contributed by atoms with Crippen LogP contribution in [-0.4, -0.2) is 25.5 Å². The highest BCUT2D eigenvalue weighted by atomic mass is 16.5. The lowest BCUT2D eigenvalue weighted by Gasteiger charge is -2.16. The Kier molecular flexibility index (Phi) is 4.22. The summed E-state index contributed by atoms with van der Waals surface area (Å²) in [6.07, 6.45) is 3.72. The number of anilines is 1. The van der Waals surface area contributed by atoms with Crippen molar-refractivity contribution in [3.05, 3.63) is 53.6 Å². The average Bonchev–Trinajstić information content (AvgIpc) is 2.89. The van der Waals surface area contributed by atoms with Crippen LogP contribution in [0.1, 0.15) is 24.0 Å². The zero-order chi connectivity index (χ0) is 16.4. The highest BCUT2D eigenvalue weighted by molar-refractivity contribution is 5.95. The van der Waals surface area contributed by atoms with Crippen LogP contribution in [0.2, 0.25) is 0 Å². The minimum absolute atomic E-state index is 0.211. The van der Waals surface area contributed by atoms with Crippen LogP contribution >= 0.6 is 0 Å². The molecule has 4 heteroatoms. The molecule has 0 saturated carbocycles. The van der Waals surface area contributed by atoms with Gasteiger partial charge in [0.1, 0.15) is 11.5 Å². The first-order valence-electron chi connectivity index (χ1n) is 8.70. The van der Waals surface area contributed by atoms with Crippen molar-refractivity contribution in [2.24, 2.45) is 0 Å². The normalized spacial score (nSPS) is 17.5. The number of fused-ring (bicyclic) bond motifs is 1. The highest BCUT2D eigenvalue weighted by Gasteiger charge is 2.21. The SMILES string of the molecule is O=C1CCCN1c1ccc(Oc2ccc3c(c2)CCNCC3)cc1. The summed E-state index contributed by atoms with van der Waals surface area (Å²) < 4.78 is 6.01. The second-order valence-electron chi connectivity index (χ2n) is 6.43. The minimum Gasteiger partial charge on any atom is -0.457 e. The van der Waals surface area contributed by atoms with E-state index in [1.807, 2.05) is 35.2 Å². The number of carbonyl (C=O) groups is 1. The average molecular weight is 322 g/mol. The van der Waals surface area contributed by atoms with Gasteiger partial charge >= 0.3 is 0 Å². The summed E-state index contributed by atoms with van der Waals surface area (Å²) in [6.45, 7) is 2.89. The van der Waals surface area contributed by atoms with Gasteiger partial charge < -0.3 is 15.0 Å². The fraction of sp³-hybridized carbons (Fsp3) is 0.350. The van der Waals surface area contributed by atoms with Crippen molar-refractivity contribution < 1.29 is 9.53 Å². The molecule has 2 aromatic carbocycles. The van der Waals surface area contributed by atoms with Crippen LogP contribution in [0.15, 0.2) is 42.5 Å². The Morgan fingerprint density at radius 3 is 2.38 bits per heavy atom. The molecule has 24 heavy (non-hydrogen) atoms. The van der Waals surface area contributed by atoms with Crippen LogP contribution in [-0.2, 0) is 17.6 Å². The van der Waals surface area contributed by atoms with Gasteiger partial charge in [0.05, 0.1) is 0 Å². The molecule has 4 rings (SSSR count). The number of carbonyl (C=O) groups excluding carboxylic acids is 1. The fourth-order valence-corrected chi connectivity index (χ4v) is 3.46. The Hall–Kier alpha value is -2.33. The Labute approximate surface area is 142 Å². The molecular formula is C20H22N2O2. The van der Waals surface area contributed by atoms with Crippen molar-refractivity contribution in [3.8, 4) is 11.5 Å². The predicted molar refractivity (Wildman–Crippen MR) is 94.8 cm³/mol. The summed E-state index contributed by atoms with van der Waals surface area (Å²) in [6, 6.07) is 14.2. The molecule has 1 fully saturated rings. The van der Waals surface area contributed by atoms with E-state index >= 15 is 0 Å². The van der Waals surface area contributed by atoms with Crippen LogP contribution in [0.4, 0.5) is 5.69 Å². The lowest BCUT2D eigenvalue weighted by atomic mass is 10.0. The molecule has 1 saturated heterocycles. The second kappa shape index (κ2) is 6.65. The number of nitrogens with zero attached hydrogens (tertiary/aromatic N) is 1. The molecule has 1 N–H and O–H groups in total. The fourth-order valence-electron chi connectivity index (χ4n) is 3.46. The monoisotopic (exact) mass is 322 g/mol. The van der Waals surface area contributed by atoms with Gasteiger partial charge in [0.25, 0.3) is 0 Å². The molecule has 2 aliphatic heterocycles. The topological polar surface area (TPSA) is 41.6 Å². The van der Waals surface area contributed by atoms with Gasteiger partial charge in [-0.05, 0) is 79.9 Å². The number of benzene rings is 2. The van der Waals surface area contributed by atoms with Gasteiger partial charge in [-0.2, -0.15) is 0 Å². The molecule has 0 aliphatic carbocycles. The summed E-state index contributed by atoms with van der Waals surface area (Å²) in [5.41, 5.74) is 3.74. The molecule has 0 unspecified atom stereocenters. The van der Waals surface area contributed by atoms with Crippen molar-refractivity contribution in [2.75, 3.05) is 24.5 Å². The standard InChI is InChI=1S/C20H22N2O2/c23-20-2-1-13-22(20)17-4-7-18(8-5-17)24-19-6-3-15-9-11-21-12-10-16(15)14-19/h3-8,14,21H,1-2,9-13H2.